The van der Waals surface area contributed by atoms with Crippen LogP contribution in [0.15, 0.2) is 48.5 Å². The van der Waals surface area contributed by atoms with Crippen molar-refractivity contribution in [1.29, 1.82) is 0 Å². The molecular formula is C24H24ClFN2OS. The number of rotatable bonds is 5. The van der Waals surface area contributed by atoms with Crippen LogP contribution < -0.4 is 5.32 Å². The van der Waals surface area contributed by atoms with Crippen molar-refractivity contribution in [3.05, 3.63) is 85.8 Å². The molecule has 0 fully saturated rings. The highest BCUT2D eigenvalue weighted by Gasteiger charge is 2.33. The van der Waals surface area contributed by atoms with Gasteiger partial charge in [0.15, 0.2) is 0 Å². The van der Waals surface area contributed by atoms with Crippen LogP contribution in [0, 0.1) is 12.7 Å². The van der Waals surface area contributed by atoms with Gasteiger partial charge in [-0.05, 0) is 54.7 Å². The molecule has 2 heterocycles. The van der Waals surface area contributed by atoms with Crippen molar-refractivity contribution < 1.29 is 9.18 Å². The van der Waals surface area contributed by atoms with Crippen molar-refractivity contribution in [2.75, 3.05) is 18.4 Å². The molecule has 156 valence electrons. The van der Waals surface area contributed by atoms with Crippen molar-refractivity contribution in [3.63, 3.8) is 0 Å². The lowest BCUT2D eigenvalue weighted by Crippen LogP contribution is -2.40. The molecule has 1 aliphatic rings. The van der Waals surface area contributed by atoms with E-state index in [1.54, 1.807) is 0 Å². The van der Waals surface area contributed by atoms with E-state index in [1.807, 2.05) is 29.5 Å². The maximum absolute atomic E-state index is 13.4. The highest BCUT2D eigenvalue weighted by Crippen LogP contribution is 2.42. The van der Waals surface area contributed by atoms with Crippen LogP contribution in [-0.4, -0.2) is 23.9 Å². The SMILES string of the molecule is CCc1c(C)sc2c1CCN(CC(=O)Nc1ccc(F)c(Cl)c1)C2c1ccccc1. The summed E-state index contributed by atoms with van der Waals surface area (Å²) >= 11 is 7.69. The number of amides is 1. The van der Waals surface area contributed by atoms with Gasteiger partial charge in [-0.2, -0.15) is 0 Å². The Balaban J connectivity index is 1.61. The number of hydrogen-bond donors (Lipinski definition) is 1. The predicted octanol–water partition coefficient (Wildman–Crippen LogP) is 6.00. The zero-order chi connectivity index (χ0) is 21.3. The standard InChI is InChI=1S/C24H24ClFN2OS/c1-3-18-15(2)30-24-19(18)11-12-28(23(24)16-7-5-4-6-8-16)14-22(29)27-17-9-10-21(26)20(25)13-17/h4-10,13,23H,3,11-12,14H2,1-2H3,(H,27,29). The Labute approximate surface area is 185 Å². The number of aryl methyl sites for hydroxylation is 1. The van der Waals surface area contributed by atoms with Gasteiger partial charge in [-0.15, -0.1) is 11.3 Å². The fourth-order valence-corrected chi connectivity index (χ4v) is 5.93. The zero-order valence-corrected chi connectivity index (χ0v) is 18.6. The van der Waals surface area contributed by atoms with Crippen molar-refractivity contribution in [1.82, 2.24) is 4.90 Å². The molecule has 3 nitrogen and oxygen atoms in total. The summed E-state index contributed by atoms with van der Waals surface area (Å²) in [7, 11) is 0. The molecular weight excluding hydrogens is 419 g/mol. The largest absolute Gasteiger partial charge is 0.325 e. The highest BCUT2D eigenvalue weighted by atomic mass is 35.5. The number of fused-ring (bicyclic) bond motifs is 1. The van der Waals surface area contributed by atoms with Crippen molar-refractivity contribution >= 4 is 34.5 Å². The number of hydrogen-bond acceptors (Lipinski definition) is 3. The molecule has 1 amide bonds. The molecule has 6 heteroatoms. The zero-order valence-electron chi connectivity index (χ0n) is 17.0. The number of thiophene rings is 1. The normalized spacial score (nSPS) is 16.3. The number of carbonyl (C=O) groups excluding carboxylic acids is 1. The fourth-order valence-electron chi connectivity index (χ4n) is 4.28. The van der Waals surface area contributed by atoms with Crippen LogP contribution in [0.1, 0.15) is 39.4 Å². The maximum atomic E-state index is 13.4. The van der Waals surface area contributed by atoms with E-state index in [9.17, 15) is 9.18 Å². The third-order valence-corrected chi connectivity index (χ3v) is 7.16. The Morgan fingerprint density at radius 3 is 2.73 bits per heavy atom. The number of nitrogens with zero attached hydrogens (tertiary/aromatic N) is 1. The summed E-state index contributed by atoms with van der Waals surface area (Å²) in [6.07, 6.45) is 1.98. The second-order valence-corrected chi connectivity index (χ2v) is 9.21. The molecule has 0 bridgehead atoms. The van der Waals surface area contributed by atoms with E-state index in [0.29, 0.717) is 5.69 Å². The van der Waals surface area contributed by atoms with Gasteiger partial charge in [0.05, 0.1) is 17.6 Å². The Bertz CT molecular complexity index is 1070. The molecule has 0 spiro atoms. The first-order valence-electron chi connectivity index (χ1n) is 10.1. The maximum Gasteiger partial charge on any atom is 0.238 e. The van der Waals surface area contributed by atoms with Gasteiger partial charge in [0.1, 0.15) is 5.82 Å². The summed E-state index contributed by atoms with van der Waals surface area (Å²) in [5, 5.41) is 2.85. The lowest BCUT2D eigenvalue weighted by atomic mass is 9.91. The average molecular weight is 443 g/mol. The number of anilines is 1. The van der Waals surface area contributed by atoms with Crippen LogP contribution >= 0.6 is 22.9 Å². The van der Waals surface area contributed by atoms with Crippen LogP contribution in [0.2, 0.25) is 5.02 Å². The molecule has 3 aromatic rings. The number of nitrogens with one attached hydrogen (secondary N) is 1. The highest BCUT2D eigenvalue weighted by molar-refractivity contribution is 7.12. The van der Waals surface area contributed by atoms with Gasteiger partial charge < -0.3 is 5.32 Å². The third kappa shape index (κ3) is 4.15. The Hall–Kier alpha value is -2.21. The van der Waals surface area contributed by atoms with Crippen molar-refractivity contribution in [2.24, 2.45) is 0 Å². The molecule has 1 unspecified atom stereocenters. The molecule has 1 N–H and O–H groups in total. The van der Waals surface area contributed by atoms with Gasteiger partial charge in [-0.1, -0.05) is 48.9 Å². The number of benzene rings is 2. The van der Waals surface area contributed by atoms with Crippen LogP contribution in [-0.2, 0) is 17.6 Å². The van der Waals surface area contributed by atoms with Crippen LogP contribution in [0.4, 0.5) is 10.1 Å². The van der Waals surface area contributed by atoms with E-state index in [4.69, 9.17) is 11.6 Å². The fraction of sp³-hybridized carbons (Fsp3) is 0.292. The predicted molar refractivity (Wildman–Crippen MR) is 122 cm³/mol. The molecule has 2 aromatic carbocycles. The van der Waals surface area contributed by atoms with Crippen molar-refractivity contribution in [3.8, 4) is 0 Å². The monoisotopic (exact) mass is 442 g/mol. The van der Waals surface area contributed by atoms with Crippen LogP contribution in [0.5, 0.6) is 0 Å². The first-order chi connectivity index (χ1) is 14.5. The van der Waals surface area contributed by atoms with Crippen LogP contribution in [0.25, 0.3) is 0 Å². The summed E-state index contributed by atoms with van der Waals surface area (Å²) in [4.78, 5) is 17.8. The van der Waals surface area contributed by atoms with Gasteiger partial charge in [0.25, 0.3) is 0 Å². The Kier molecular flexibility index (Phi) is 6.23. The summed E-state index contributed by atoms with van der Waals surface area (Å²) in [6.45, 7) is 5.47. The summed E-state index contributed by atoms with van der Waals surface area (Å²) < 4.78 is 13.4. The minimum absolute atomic E-state index is 0.00117. The summed E-state index contributed by atoms with van der Waals surface area (Å²) in [5.41, 5.74) is 4.61. The van der Waals surface area contributed by atoms with E-state index in [-0.39, 0.29) is 23.5 Å². The molecule has 1 aliphatic heterocycles. The van der Waals surface area contributed by atoms with E-state index < -0.39 is 5.82 Å². The van der Waals surface area contributed by atoms with Gasteiger partial charge >= 0.3 is 0 Å². The molecule has 0 saturated carbocycles. The number of halogens is 2. The first-order valence-corrected chi connectivity index (χ1v) is 11.3. The lowest BCUT2D eigenvalue weighted by Gasteiger charge is -2.36. The van der Waals surface area contributed by atoms with Gasteiger partial charge in [0.2, 0.25) is 5.91 Å². The lowest BCUT2D eigenvalue weighted by molar-refractivity contribution is -0.117. The molecule has 0 saturated heterocycles. The second-order valence-electron chi connectivity index (χ2n) is 7.54. The summed E-state index contributed by atoms with van der Waals surface area (Å²) in [6, 6.07) is 14.6. The topological polar surface area (TPSA) is 32.3 Å². The minimum Gasteiger partial charge on any atom is -0.325 e. The first kappa shape index (κ1) is 21.0. The quantitative estimate of drug-likeness (QED) is 0.525. The molecule has 4 rings (SSSR count). The van der Waals surface area contributed by atoms with Crippen LogP contribution in [0.3, 0.4) is 0 Å². The molecule has 0 radical (unpaired) electrons. The Morgan fingerprint density at radius 2 is 2.03 bits per heavy atom. The van der Waals surface area contributed by atoms with E-state index in [0.717, 1.165) is 19.4 Å². The van der Waals surface area contributed by atoms with Gasteiger partial charge in [0, 0.05) is 22.0 Å². The molecule has 1 atom stereocenters. The Morgan fingerprint density at radius 1 is 1.27 bits per heavy atom. The molecule has 1 aromatic heterocycles. The van der Waals surface area contributed by atoms with Crippen molar-refractivity contribution in [2.45, 2.75) is 32.7 Å². The van der Waals surface area contributed by atoms with E-state index in [2.05, 4.69) is 36.2 Å². The second kappa shape index (κ2) is 8.88. The third-order valence-electron chi connectivity index (χ3n) is 5.63. The van der Waals surface area contributed by atoms with E-state index >= 15 is 0 Å². The smallest absolute Gasteiger partial charge is 0.238 e. The summed E-state index contributed by atoms with van der Waals surface area (Å²) in [5.74, 6) is -0.631. The minimum atomic E-state index is -0.498. The van der Waals surface area contributed by atoms with E-state index in [1.165, 1.54) is 44.6 Å². The van der Waals surface area contributed by atoms with Gasteiger partial charge in [-0.25, -0.2) is 4.39 Å². The average Bonchev–Trinajstić information content (AvgIpc) is 3.06. The number of carbonyl (C=O) groups is 1. The van der Waals surface area contributed by atoms with Gasteiger partial charge in [-0.3, -0.25) is 9.69 Å². The molecule has 0 aliphatic carbocycles. The molecule has 30 heavy (non-hydrogen) atoms.